The number of fused-ring (bicyclic) bond motifs is 5. The molecule has 3 nitrogen and oxygen atoms in total. The van der Waals surface area contributed by atoms with E-state index in [0.717, 1.165) is 39.1 Å². The molecule has 8 aromatic rings. The molecule has 0 aliphatic carbocycles. The van der Waals surface area contributed by atoms with E-state index in [1.807, 2.05) is 12.1 Å². The van der Waals surface area contributed by atoms with Crippen molar-refractivity contribution in [2.75, 3.05) is 4.90 Å². The number of benzene rings is 7. The van der Waals surface area contributed by atoms with E-state index >= 15 is 0 Å². The van der Waals surface area contributed by atoms with Gasteiger partial charge in [-0.15, -0.1) is 0 Å². The Hall–Kier alpha value is -6.37. The van der Waals surface area contributed by atoms with Crippen LogP contribution in [-0.4, -0.2) is 4.57 Å². The highest BCUT2D eigenvalue weighted by Crippen LogP contribution is 2.52. The Kier molecular flexibility index (Phi) is 6.54. The summed E-state index contributed by atoms with van der Waals surface area (Å²) in [4.78, 5) is 6.42. The van der Waals surface area contributed by atoms with Crippen LogP contribution in [0.15, 0.2) is 164 Å². The molecule has 0 unspecified atom stereocenters. The minimum absolute atomic E-state index is 0.142. The van der Waals surface area contributed by atoms with Crippen LogP contribution in [0.3, 0.4) is 0 Å². The van der Waals surface area contributed by atoms with Gasteiger partial charge in [-0.05, 0) is 69.8 Å². The van der Waals surface area contributed by atoms with Gasteiger partial charge in [-0.2, -0.15) is 0 Å². The first kappa shape index (κ1) is 28.8. The molecule has 0 saturated heterocycles. The molecule has 9 rings (SSSR count). The maximum Gasteiger partial charge on any atom is 0.211 e. The van der Waals surface area contributed by atoms with E-state index in [1.54, 1.807) is 0 Å². The predicted molar refractivity (Wildman–Crippen MR) is 205 cm³/mol. The maximum atomic E-state index is 8.14. The van der Waals surface area contributed by atoms with Crippen LogP contribution in [0.25, 0.3) is 54.6 Å². The van der Waals surface area contributed by atoms with E-state index in [4.69, 9.17) is 6.57 Å². The van der Waals surface area contributed by atoms with Gasteiger partial charge in [0.15, 0.2) is 0 Å². The average molecular weight is 628 g/mol. The van der Waals surface area contributed by atoms with Crippen LogP contribution >= 0.6 is 0 Å². The van der Waals surface area contributed by atoms with Gasteiger partial charge in [-0.1, -0.05) is 141 Å². The highest BCUT2D eigenvalue weighted by atomic mass is 15.2. The van der Waals surface area contributed by atoms with Gasteiger partial charge in [0.25, 0.3) is 0 Å². The lowest BCUT2D eigenvalue weighted by molar-refractivity contribution is 0.632. The molecule has 7 aromatic carbocycles. The summed E-state index contributed by atoms with van der Waals surface area (Å²) in [6.07, 6.45) is 0. The number of anilines is 3. The average Bonchev–Trinajstić information content (AvgIpc) is 3.49. The van der Waals surface area contributed by atoms with E-state index in [0.29, 0.717) is 5.69 Å². The van der Waals surface area contributed by atoms with E-state index in [1.165, 1.54) is 38.8 Å². The Bertz CT molecular complexity index is 2530. The first-order chi connectivity index (χ1) is 24.0. The highest BCUT2D eigenvalue weighted by Gasteiger charge is 2.36. The third-order valence-electron chi connectivity index (χ3n) is 10.2. The lowest BCUT2D eigenvalue weighted by atomic mass is 9.73. The lowest BCUT2D eigenvalue weighted by Crippen LogP contribution is -2.30. The summed E-state index contributed by atoms with van der Waals surface area (Å²) in [5, 5.41) is 2.36. The zero-order valence-electron chi connectivity index (χ0n) is 27.4. The minimum Gasteiger partial charge on any atom is -0.318 e. The summed E-state index contributed by atoms with van der Waals surface area (Å²) in [6.45, 7) is 12.8. The van der Waals surface area contributed by atoms with Crippen LogP contribution in [0, 0.1) is 6.57 Å². The van der Waals surface area contributed by atoms with Crippen molar-refractivity contribution in [2.24, 2.45) is 0 Å². The molecule has 0 saturated carbocycles. The monoisotopic (exact) mass is 627 g/mol. The highest BCUT2D eigenvalue weighted by molar-refractivity contribution is 6.10. The number of rotatable bonds is 4. The molecule has 0 atom stereocenters. The summed E-state index contributed by atoms with van der Waals surface area (Å²) in [5.41, 5.74) is 14.2. The maximum absolute atomic E-state index is 8.14. The smallest absolute Gasteiger partial charge is 0.211 e. The fourth-order valence-corrected chi connectivity index (χ4v) is 7.85. The molecule has 1 aromatic heterocycles. The van der Waals surface area contributed by atoms with Crippen LogP contribution in [0.1, 0.15) is 25.0 Å². The third kappa shape index (κ3) is 4.42. The Morgan fingerprint density at radius 1 is 0.510 bits per heavy atom. The molecule has 0 radical (unpaired) electrons. The number of aromatic nitrogens is 1. The Morgan fingerprint density at radius 2 is 1.10 bits per heavy atom. The third-order valence-corrected chi connectivity index (χ3v) is 10.2. The summed E-state index contributed by atoms with van der Waals surface area (Å²) in [7, 11) is 0. The van der Waals surface area contributed by atoms with Crippen molar-refractivity contribution in [3.05, 3.63) is 186 Å². The molecule has 0 N–H and O–H groups in total. The Labute approximate surface area is 286 Å². The van der Waals surface area contributed by atoms with Crippen molar-refractivity contribution in [1.29, 1.82) is 0 Å². The van der Waals surface area contributed by atoms with E-state index in [-0.39, 0.29) is 5.41 Å². The zero-order chi connectivity index (χ0) is 33.1. The molecule has 232 valence electrons. The summed E-state index contributed by atoms with van der Waals surface area (Å²) in [6, 6.07) is 58.2. The second-order valence-electron chi connectivity index (χ2n) is 13.3. The second kappa shape index (κ2) is 11.1. The van der Waals surface area contributed by atoms with Crippen molar-refractivity contribution in [2.45, 2.75) is 19.3 Å². The van der Waals surface area contributed by atoms with Crippen molar-refractivity contribution >= 4 is 44.6 Å². The van der Waals surface area contributed by atoms with Crippen LogP contribution in [0.4, 0.5) is 22.7 Å². The number of para-hydroxylation sites is 5. The van der Waals surface area contributed by atoms with Gasteiger partial charge in [-0.25, -0.2) is 4.85 Å². The molecule has 0 fully saturated rings. The molecule has 2 heterocycles. The first-order valence-corrected chi connectivity index (χ1v) is 16.7. The topological polar surface area (TPSA) is 12.5 Å². The standard InChI is InChI=1S/C46H33N3/c1-46(2)38-19-9-12-23-43(38)48(34-14-5-4-6-15-34)44-30-33(28-29-39(44)46)31-24-26-32(27-25-31)35-18-13-20-40(47-3)45(35)49-41-21-10-7-16-36(41)37-17-8-11-22-42(37)49/h4-30H,1-2H3. The number of hydrogen-bond donors (Lipinski definition) is 0. The lowest BCUT2D eigenvalue weighted by Gasteiger charge is -2.42. The zero-order valence-corrected chi connectivity index (χ0v) is 27.4. The molecular formula is C46H33N3. The molecular weight excluding hydrogens is 595 g/mol. The van der Waals surface area contributed by atoms with E-state index in [2.05, 4.69) is 180 Å². The molecule has 1 aliphatic rings. The van der Waals surface area contributed by atoms with Crippen molar-refractivity contribution in [3.63, 3.8) is 0 Å². The van der Waals surface area contributed by atoms with Gasteiger partial charge < -0.3 is 9.47 Å². The molecule has 0 amide bonds. The van der Waals surface area contributed by atoms with Gasteiger partial charge in [0.05, 0.1) is 34.7 Å². The normalized spacial score (nSPS) is 13.2. The summed E-state index contributed by atoms with van der Waals surface area (Å²) in [5.74, 6) is 0. The van der Waals surface area contributed by atoms with Crippen LogP contribution in [0.2, 0.25) is 0 Å². The molecule has 0 bridgehead atoms. The van der Waals surface area contributed by atoms with Crippen LogP contribution < -0.4 is 4.90 Å². The van der Waals surface area contributed by atoms with Crippen molar-refractivity contribution in [1.82, 2.24) is 4.57 Å². The van der Waals surface area contributed by atoms with Gasteiger partial charge >= 0.3 is 0 Å². The second-order valence-corrected chi connectivity index (χ2v) is 13.3. The summed E-state index contributed by atoms with van der Waals surface area (Å²) >= 11 is 0. The number of nitrogens with zero attached hydrogens (tertiary/aromatic N) is 3. The first-order valence-electron chi connectivity index (χ1n) is 16.7. The van der Waals surface area contributed by atoms with Crippen molar-refractivity contribution < 1.29 is 0 Å². The molecule has 0 spiro atoms. The summed E-state index contributed by atoms with van der Waals surface area (Å²) < 4.78 is 2.27. The van der Waals surface area contributed by atoms with Gasteiger partial charge in [0.1, 0.15) is 0 Å². The van der Waals surface area contributed by atoms with Crippen LogP contribution in [-0.2, 0) is 5.41 Å². The largest absolute Gasteiger partial charge is 0.318 e. The van der Waals surface area contributed by atoms with Crippen molar-refractivity contribution in [3.8, 4) is 27.9 Å². The predicted octanol–water partition coefficient (Wildman–Crippen LogP) is 12.8. The fourth-order valence-electron chi connectivity index (χ4n) is 7.85. The SMILES string of the molecule is [C-]#[N+]c1cccc(-c2ccc(-c3ccc4c(c3)N(c3ccccc3)c3ccccc3C4(C)C)cc2)c1-n1c2ccccc2c2ccccc21. The Balaban J connectivity index is 1.18. The molecule has 1 aliphatic heterocycles. The number of hydrogen-bond acceptors (Lipinski definition) is 1. The van der Waals surface area contributed by atoms with Gasteiger partial charge in [-0.3, -0.25) is 0 Å². The minimum atomic E-state index is -0.142. The van der Waals surface area contributed by atoms with Gasteiger partial charge in [0.2, 0.25) is 5.69 Å². The van der Waals surface area contributed by atoms with Crippen LogP contribution in [0.5, 0.6) is 0 Å². The van der Waals surface area contributed by atoms with Gasteiger partial charge in [0, 0.05) is 21.9 Å². The Morgan fingerprint density at radius 3 is 1.82 bits per heavy atom. The molecule has 49 heavy (non-hydrogen) atoms. The fraction of sp³-hybridized carbons (Fsp3) is 0.0652. The van der Waals surface area contributed by atoms with E-state index in [9.17, 15) is 0 Å². The molecule has 3 heteroatoms. The quantitative estimate of drug-likeness (QED) is 0.177. The van der Waals surface area contributed by atoms with E-state index < -0.39 is 0 Å².